The molecule has 1 aromatic heterocycles. The van der Waals surface area contributed by atoms with E-state index in [1.165, 1.54) is 0 Å². The molecule has 0 radical (unpaired) electrons. The van der Waals surface area contributed by atoms with Crippen LogP contribution in [0.5, 0.6) is 5.88 Å². The molecule has 0 amide bonds. The van der Waals surface area contributed by atoms with E-state index in [0.717, 1.165) is 5.56 Å². The minimum atomic E-state index is 0.0296. The number of rotatable bonds is 4. The Bertz CT molecular complexity index is 541. The predicted molar refractivity (Wildman–Crippen MR) is 67.5 cm³/mol. The zero-order valence-electron chi connectivity index (χ0n) is 9.65. The van der Waals surface area contributed by atoms with E-state index in [2.05, 4.69) is 10.1 Å². The minimum absolute atomic E-state index is 0.0296. The fourth-order valence-electron chi connectivity index (χ4n) is 1.44. The van der Waals surface area contributed by atoms with E-state index in [1.54, 1.807) is 18.3 Å². The number of amidine groups is 1. The monoisotopic (exact) mass is 243 g/mol. The molecule has 5 nitrogen and oxygen atoms in total. The summed E-state index contributed by atoms with van der Waals surface area (Å²) >= 11 is 0. The standard InChI is InChI=1S/C13H13N3O2/c14-13(16-17)11-6-7-15-12(8-11)18-9-10-4-2-1-3-5-10/h1-8,17H,9H2,(H2,14,16). The van der Waals surface area contributed by atoms with Gasteiger partial charge in [0.15, 0.2) is 5.84 Å². The Kier molecular flexibility index (Phi) is 3.76. The first-order valence-corrected chi connectivity index (χ1v) is 5.40. The SMILES string of the molecule is N/C(=N\O)c1ccnc(OCc2ccccc2)c1. The van der Waals surface area contributed by atoms with Crippen LogP contribution in [0.1, 0.15) is 11.1 Å². The number of pyridine rings is 1. The number of benzene rings is 1. The average Bonchev–Trinajstić information content (AvgIpc) is 2.45. The molecule has 0 aliphatic carbocycles. The molecule has 1 heterocycles. The van der Waals surface area contributed by atoms with Crippen LogP contribution in [0, 0.1) is 0 Å². The van der Waals surface area contributed by atoms with Gasteiger partial charge in [-0.15, -0.1) is 0 Å². The molecule has 2 rings (SSSR count). The lowest BCUT2D eigenvalue weighted by Crippen LogP contribution is -2.13. The summed E-state index contributed by atoms with van der Waals surface area (Å²) < 4.78 is 5.52. The summed E-state index contributed by atoms with van der Waals surface area (Å²) in [6, 6.07) is 13.0. The van der Waals surface area contributed by atoms with Crippen LogP contribution in [0.2, 0.25) is 0 Å². The van der Waals surface area contributed by atoms with Crippen molar-refractivity contribution in [1.29, 1.82) is 0 Å². The van der Waals surface area contributed by atoms with Crippen LogP contribution in [0.15, 0.2) is 53.8 Å². The highest BCUT2D eigenvalue weighted by Crippen LogP contribution is 2.11. The lowest BCUT2D eigenvalue weighted by molar-refractivity contribution is 0.293. The van der Waals surface area contributed by atoms with Gasteiger partial charge in [0, 0.05) is 17.8 Å². The van der Waals surface area contributed by atoms with Crippen LogP contribution in [-0.4, -0.2) is 16.0 Å². The number of hydrogen-bond donors (Lipinski definition) is 2. The smallest absolute Gasteiger partial charge is 0.214 e. The van der Waals surface area contributed by atoms with Crippen molar-refractivity contribution in [1.82, 2.24) is 4.98 Å². The summed E-state index contributed by atoms with van der Waals surface area (Å²) in [7, 11) is 0. The molecule has 0 aliphatic rings. The van der Waals surface area contributed by atoms with Gasteiger partial charge in [0.1, 0.15) is 6.61 Å². The molecule has 2 aromatic rings. The third-order valence-electron chi connectivity index (χ3n) is 2.37. The molecule has 0 unspecified atom stereocenters. The largest absolute Gasteiger partial charge is 0.473 e. The molecule has 0 saturated carbocycles. The van der Waals surface area contributed by atoms with Crippen LogP contribution in [-0.2, 0) is 6.61 Å². The maximum Gasteiger partial charge on any atom is 0.214 e. The van der Waals surface area contributed by atoms with Gasteiger partial charge in [0.25, 0.3) is 0 Å². The number of ether oxygens (including phenoxy) is 1. The maximum atomic E-state index is 8.59. The van der Waals surface area contributed by atoms with Gasteiger partial charge in [-0.05, 0) is 11.6 Å². The van der Waals surface area contributed by atoms with Crippen molar-refractivity contribution in [2.24, 2.45) is 10.9 Å². The van der Waals surface area contributed by atoms with E-state index in [1.807, 2.05) is 30.3 Å². The Balaban J connectivity index is 2.06. The summed E-state index contributed by atoms with van der Waals surface area (Å²) in [4.78, 5) is 4.06. The molecule has 0 fully saturated rings. The summed E-state index contributed by atoms with van der Waals surface area (Å²) in [6.45, 7) is 0.424. The molecule has 0 spiro atoms. The molecule has 3 N–H and O–H groups in total. The molecule has 92 valence electrons. The van der Waals surface area contributed by atoms with Gasteiger partial charge in [-0.1, -0.05) is 35.5 Å². The lowest BCUT2D eigenvalue weighted by atomic mass is 10.2. The van der Waals surface area contributed by atoms with Gasteiger partial charge in [-0.25, -0.2) is 4.98 Å². The number of hydrogen-bond acceptors (Lipinski definition) is 4. The molecule has 0 saturated heterocycles. The first kappa shape index (κ1) is 11.9. The first-order chi connectivity index (χ1) is 8.79. The Morgan fingerprint density at radius 3 is 2.78 bits per heavy atom. The topological polar surface area (TPSA) is 80.7 Å². The van der Waals surface area contributed by atoms with E-state index in [0.29, 0.717) is 18.1 Å². The number of aromatic nitrogens is 1. The molecule has 1 aromatic carbocycles. The highest BCUT2D eigenvalue weighted by molar-refractivity contribution is 5.97. The van der Waals surface area contributed by atoms with Crippen LogP contribution < -0.4 is 10.5 Å². The Hall–Kier alpha value is -2.56. The zero-order valence-corrected chi connectivity index (χ0v) is 9.65. The zero-order chi connectivity index (χ0) is 12.8. The molecule has 0 bridgehead atoms. The predicted octanol–water partition coefficient (Wildman–Crippen LogP) is 1.76. The summed E-state index contributed by atoms with van der Waals surface area (Å²) in [5, 5.41) is 11.5. The van der Waals surface area contributed by atoms with Crippen molar-refractivity contribution in [3.63, 3.8) is 0 Å². The van der Waals surface area contributed by atoms with Crippen LogP contribution >= 0.6 is 0 Å². The van der Waals surface area contributed by atoms with Gasteiger partial charge in [0.2, 0.25) is 5.88 Å². The van der Waals surface area contributed by atoms with Gasteiger partial charge < -0.3 is 15.7 Å². The van der Waals surface area contributed by atoms with E-state index < -0.39 is 0 Å². The van der Waals surface area contributed by atoms with E-state index >= 15 is 0 Å². The van der Waals surface area contributed by atoms with Crippen molar-refractivity contribution in [2.45, 2.75) is 6.61 Å². The lowest BCUT2D eigenvalue weighted by Gasteiger charge is -2.06. The normalized spacial score (nSPS) is 11.2. The van der Waals surface area contributed by atoms with Gasteiger partial charge in [-0.3, -0.25) is 0 Å². The van der Waals surface area contributed by atoms with Crippen LogP contribution in [0.4, 0.5) is 0 Å². The second kappa shape index (κ2) is 5.67. The molecule has 0 aliphatic heterocycles. The Labute approximate surface area is 105 Å². The molecule has 5 heteroatoms. The number of nitrogens with zero attached hydrogens (tertiary/aromatic N) is 2. The summed E-state index contributed by atoms with van der Waals surface area (Å²) in [6.07, 6.45) is 1.55. The fraction of sp³-hybridized carbons (Fsp3) is 0.0769. The van der Waals surface area contributed by atoms with Crippen LogP contribution in [0.25, 0.3) is 0 Å². The number of oxime groups is 1. The van der Waals surface area contributed by atoms with Crippen molar-refractivity contribution >= 4 is 5.84 Å². The summed E-state index contributed by atoms with van der Waals surface area (Å²) in [5.41, 5.74) is 7.10. The Morgan fingerprint density at radius 1 is 1.28 bits per heavy atom. The average molecular weight is 243 g/mol. The summed E-state index contributed by atoms with van der Waals surface area (Å²) in [5.74, 6) is 0.463. The van der Waals surface area contributed by atoms with Gasteiger partial charge in [0.05, 0.1) is 0 Å². The number of nitrogens with two attached hydrogens (primary N) is 1. The van der Waals surface area contributed by atoms with Crippen molar-refractivity contribution in [2.75, 3.05) is 0 Å². The van der Waals surface area contributed by atoms with E-state index in [9.17, 15) is 0 Å². The van der Waals surface area contributed by atoms with E-state index in [-0.39, 0.29) is 5.84 Å². The van der Waals surface area contributed by atoms with Gasteiger partial charge in [-0.2, -0.15) is 0 Å². The second-order valence-corrected chi connectivity index (χ2v) is 3.64. The van der Waals surface area contributed by atoms with Crippen molar-refractivity contribution in [3.05, 3.63) is 59.8 Å². The van der Waals surface area contributed by atoms with Crippen molar-refractivity contribution in [3.8, 4) is 5.88 Å². The molecular weight excluding hydrogens is 230 g/mol. The first-order valence-electron chi connectivity index (χ1n) is 5.40. The molecule has 0 atom stereocenters. The van der Waals surface area contributed by atoms with Crippen molar-refractivity contribution < 1.29 is 9.94 Å². The quantitative estimate of drug-likeness (QED) is 0.371. The van der Waals surface area contributed by atoms with Gasteiger partial charge >= 0.3 is 0 Å². The molecular formula is C13H13N3O2. The second-order valence-electron chi connectivity index (χ2n) is 3.64. The third-order valence-corrected chi connectivity index (χ3v) is 2.37. The fourth-order valence-corrected chi connectivity index (χ4v) is 1.44. The highest BCUT2D eigenvalue weighted by atomic mass is 16.5. The highest BCUT2D eigenvalue weighted by Gasteiger charge is 2.02. The molecule has 18 heavy (non-hydrogen) atoms. The third kappa shape index (κ3) is 2.98. The minimum Gasteiger partial charge on any atom is -0.473 e. The van der Waals surface area contributed by atoms with E-state index in [4.69, 9.17) is 15.7 Å². The van der Waals surface area contributed by atoms with Crippen LogP contribution in [0.3, 0.4) is 0 Å². The maximum absolute atomic E-state index is 8.59. The Morgan fingerprint density at radius 2 is 2.06 bits per heavy atom.